The van der Waals surface area contributed by atoms with Gasteiger partial charge in [0.15, 0.2) is 11.6 Å². The summed E-state index contributed by atoms with van der Waals surface area (Å²) in [5, 5.41) is 16.9. The molecular formula is C97H130N6O18S. The summed E-state index contributed by atoms with van der Waals surface area (Å²) in [5.41, 5.74) is 1.16. The van der Waals surface area contributed by atoms with Gasteiger partial charge in [-0.25, -0.2) is 19.2 Å². The molecule has 0 saturated carbocycles. The first kappa shape index (κ1) is 100. The Kier molecular flexibility index (Phi) is 41.1. The van der Waals surface area contributed by atoms with Crippen LogP contribution in [0.15, 0.2) is 176 Å². The maximum Gasteiger partial charge on any atom is 0.408 e. The SMILES string of the molecule is CCOc1ccc(COC(=O)[C@H](CSC(c2ccccc2)(c2ccccc2)c2ccccc2)NC(=O)[C@H](CC(=O)OC(C)(C)C)CC(=O)C(CCC(=O)[C@H](Cc2ccccc2)NC(=O)[C@@H](CC(=O)CCCCCCCCCNC(=O)CC[C@H](NC(=O)N[C@H](C)CCC(=O)OC(C)(C)C)C(=O)OC(C)(C)C)Cc2ccccc2)NC(=O)OC(C)(C)C)cc1. The van der Waals surface area contributed by atoms with Gasteiger partial charge in [0.25, 0.3) is 0 Å². The lowest BCUT2D eigenvalue weighted by Crippen LogP contribution is -2.50. The van der Waals surface area contributed by atoms with Gasteiger partial charge in [-0.3, -0.25) is 38.4 Å². The number of ether oxygens (including phenoxy) is 6. The van der Waals surface area contributed by atoms with Gasteiger partial charge in [-0.1, -0.05) is 196 Å². The average molecular weight is 1700 g/mol. The minimum absolute atomic E-state index is 0.00481. The molecule has 6 aromatic rings. The lowest BCUT2D eigenvalue weighted by Gasteiger charge is -2.36. The monoisotopic (exact) mass is 1700 g/mol. The minimum Gasteiger partial charge on any atom is -0.494 e. The van der Waals surface area contributed by atoms with Crippen LogP contribution in [0.25, 0.3) is 0 Å². The van der Waals surface area contributed by atoms with Crippen molar-refractivity contribution >= 4 is 82.8 Å². The molecule has 0 radical (unpaired) electrons. The molecule has 25 heteroatoms. The standard InChI is InChI=1S/C97H130N6O18S/c1-15-116-77-52-50-70(51-53-77)65-117-89(112)81(66-122-97(73-42-30-23-31-43-73,74-44-32-24-33-45-74)75-46-34-25-35-47-75)101-88(111)72(64-86(109)119-94(6,7)8)63-83(106)78(103-92(115)121-96(12,13)14)54-56-82(105)80(61-69-40-28-22-29-41-69)100-87(110)71(60-68-38-26-21-27-39-68)62-76(104)48-36-19-17-16-18-20-37-59-98-84(107)57-55-79(90(113)120-95(9,10)11)102-91(114)99-67(2)49-58-85(108)118-93(3,4)5/h21-35,38-47,50-53,67,71-72,78-81H,15-20,36-37,48-49,54-66H2,1-14H3,(H,98,107)(H,100,110)(H,101,111)(H,103,115)(H2,99,102,114)/t67-,71-,72+,78?,79+,80+,81+/m1/s1. The van der Waals surface area contributed by atoms with Crippen LogP contribution in [0.1, 0.15) is 239 Å². The zero-order valence-corrected chi connectivity index (χ0v) is 74.6. The van der Waals surface area contributed by atoms with E-state index in [1.807, 2.05) is 146 Å². The molecule has 122 heavy (non-hydrogen) atoms. The molecule has 662 valence electrons. The molecule has 0 spiro atoms. The van der Waals surface area contributed by atoms with Crippen molar-refractivity contribution in [3.05, 3.63) is 209 Å². The molecule has 6 N–H and O–H groups in total. The van der Waals surface area contributed by atoms with E-state index in [0.29, 0.717) is 49.3 Å². The number of amides is 6. The van der Waals surface area contributed by atoms with Crippen molar-refractivity contribution < 1.29 is 86.0 Å². The summed E-state index contributed by atoms with van der Waals surface area (Å²) < 4.78 is 33.1. The fourth-order valence-electron chi connectivity index (χ4n) is 13.7. The Morgan fingerprint density at radius 1 is 0.393 bits per heavy atom. The highest BCUT2D eigenvalue weighted by Crippen LogP contribution is 2.49. The van der Waals surface area contributed by atoms with Crippen LogP contribution in [0.2, 0.25) is 0 Å². The molecule has 0 saturated heterocycles. The summed E-state index contributed by atoms with van der Waals surface area (Å²) in [7, 11) is 0. The molecule has 1 unspecified atom stereocenters. The zero-order valence-electron chi connectivity index (χ0n) is 73.8. The summed E-state index contributed by atoms with van der Waals surface area (Å²) in [6, 6.07) is 48.3. The molecule has 0 aliphatic carbocycles. The number of urea groups is 1. The number of unbranched alkanes of at least 4 members (excludes halogenated alkanes) is 6. The van der Waals surface area contributed by atoms with Crippen molar-refractivity contribution in [3.8, 4) is 5.75 Å². The van der Waals surface area contributed by atoms with Crippen LogP contribution < -0.4 is 36.6 Å². The predicted octanol–water partition coefficient (Wildman–Crippen LogP) is 16.0. The van der Waals surface area contributed by atoms with Crippen molar-refractivity contribution in [2.45, 2.75) is 283 Å². The summed E-state index contributed by atoms with van der Waals surface area (Å²) in [4.78, 5) is 169. The van der Waals surface area contributed by atoms with Crippen LogP contribution in [0, 0.1) is 11.8 Å². The lowest BCUT2D eigenvalue weighted by molar-refractivity contribution is -0.158. The van der Waals surface area contributed by atoms with Crippen LogP contribution in [0.3, 0.4) is 0 Å². The highest BCUT2D eigenvalue weighted by molar-refractivity contribution is 8.00. The van der Waals surface area contributed by atoms with Gasteiger partial charge in [0, 0.05) is 62.8 Å². The Morgan fingerprint density at radius 2 is 0.877 bits per heavy atom. The Hall–Kier alpha value is -10.7. The maximum absolute atomic E-state index is 15.4. The van der Waals surface area contributed by atoms with E-state index in [1.54, 1.807) is 126 Å². The normalized spacial score (nSPS) is 13.5. The van der Waals surface area contributed by atoms with Gasteiger partial charge in [0.05, 0.1) is 35.8 Å². The predicted molar refractivity (Wildman–Crippen MR) is 472 cm³/mol. The molecular weight excluding hydrogens is 1570 g/mol. The van der Waals surface area contributed by atoms with Gasteiger partial charge in [-0.05, 0) is 187 Å². The van der Waals surface area contributed by atoms with E-state index in [2.05, 4.69) is 31.9 Å². The van der Waals surface area contributed by atoms with Gasteiger partial charge in [-0.2, -0.15) is 0 Å². The number of nitrogens with one attached hydrogen (secondary N) is 6. The van der Waals surface area contributed by atoms with E-state index in [1.165, 1.54) is 11.8 Å². The number of benzene rings is 6. The van der Waals surface area contributed by atoms with Crippen LogP contribution in [-0.4, -0.2) is 143 Å². The first-order valence-corrected chi connectivity index (χ1v) is 43.7. The number of esters is 4. The highest BCUT2D eigenvalue weighted by Gasteiger charge is 2.41. The number of rotatable bonds is 50. The number of thioether (sulfide) groups is 1. The van der Waals surface area contributed by atoms with E-state index >= 15 is 14.4 Å². The Morgan fingerprint density at radius 3 is 1.41 bits per heavy atom. The number of carbonyl (C=O) groups is 12. The quantitative estimate of drug-likeness (QED) is 0.00894. The van der Waals surface area contributed by atoms with Crippen molar-refractivity contribution in [2.24, 2.45) is 11.8 Å². The van der Waals surface area contributed by atoms with E-state index in [0.717, 1.165) is 54.4 Å². The van der Waals surface area contributed by atoms with Crippen LogP contribution in [-0.2, 0) is 95.8 Å². The maximum atomic E-state index is 15.4. The lowest BCUT2D eigenvalue weighted by atomic mass is 9.84. The molecule has 0 aliphatic heterocycles. The third-order valence-corrected chi connectivity index (χ3v) is 21.1. The first-order chi connectivity index (χ1) is 57.8. The summed E-state index contributed by atoms with van der Waals surface area (Å²) in [5.74, 6) is -7.73. The van der Waals surface area contributed by atoms with Gasteiger partial charge in [0.1, 0.15) is 52.6 Å². The third-order valence-electron chi connectivity index (χ3n) is 19.5. The van der Waals surface area contributed by atoms with Crippen molar-refractivity contribution in [3.63, 3.8) is 0 Å². The molecule has 7 atom stereocenters. The molecule has 0 bridgehead atoms. The topological polar surface area (TPSA) is 332 Å². The fourth-order valence-corrected chi connectivity index (χ4v) is 15.2. The number of Topliss-reactive ketones (excluding diaryl/α,β-unsaturated/α-hetero) is 3. The average Bonchev–Trinajstić information content (AvgIpc) is 0.755. The number of hydrogen-bond donors (Lipinski definition) is 6. The van der Waals surface area contributed by atoms with E-state index in [4.69, 9.17) is 28.4 Å². The second-order valence-corrected chi connectivity index (χ2v) is 36.2. The van der Waals surface area contributed by atoms with E-state index < -0.39 is 148 Å². The highest BCUT2D eigenvalue weighted by atomic mass is 32.2. The smallest absolute Gasteiger partial charge is 0.408 e. The molecule has 0 heterocycles. The number of carbonyl (C=O) groups excluding carboxylic acids is 12. The first-order valence-electron chi connectivity index (χ1n) is 42.7. The van der Waals surface area contributed by atoms with Crippen LogP contribution >= 0.6 is 11.8 Å². The zero-order chi connectivity index (χ0) is 89.5. The number of alkyl carbamates (subject to hydrolysis) is 1. The molecule has 0 aliphatic rings. The molecule has 6 rings (SSSR count). The van der Waals surface area contributed by atoms with Crippen LogP contribution in [0.5, 0.6) is 5.75 Å². The molecule has 6 aromatic carbocycles. The minimum atomic E-state index is -1.53. The van der Waals surface area contributed by atoms with Crippen molar-refractivity contribution in [1.29, 1.82) is 0 Å². The third kappa shape index (κ3) is 38.2. The molecule has 24 nitrogen and oxygen atoms in total. The van der Waals surface area contributed by atoms with Gasteiger partial charge < -0.3 is 60.3 Å². The van der Waals surface area contributed by atoms with Crippen molar-refractivity contribution in [2.75, 3.05) is 18.9 Å². The van der Waals surface area contributed by atoms with Gasteiger partial charge >= 0.3 is 36.0 Å². The second kappa shape index (κ2) is 50.0. The summed E-state index contributed by atoms with van der Waals surface area (Å²) in [6.45, 7) is 24.6. The van der Waals surface area contributed by atoms with E-state index in [9.17, 15) is 43.2 Å². The Bertz CT molecular complexity index is 4200. The van der Waals surface area contributed by atoms with Gasteiger partial charge in [0.2, 0.25) is 17.7 Å². The molecule has 0 fully saturated rings. The molecule has 0 aromatic heterocycles. The number of ketones is 3. The van der Waals surface area contributed by atoms with Gasteiger partial charge in [-0.15, -0.1) is 11.8 Å². The summed E-state index contributed by atoms with van der Waals surface area (Å²) in [6.07, 6.45) is 3.03. The largest absolute Gasteiger partial charge is 0.494 e. The van der Waals surface area contributed by atoms with Crippen LogP contribution in [0.4, 0.5) is 9.59 Å². The molecule has 6 amide bonds. The Labute approximate surface area is 725 Å². The second-order valence-electron chi connectivity index (χ2n) is 34.9. The van der Waals surface area contributed by atoms with Crippen molar-refractivity contribution in [1.82, 2.24) is 31.9 Å². The van der Waals surface area contributed by atoms with E-state index in [-0.39, 0.29) is 75.4 Å². The number of hydrogen-bond acceptors (Lipinski definition) is 19. The summed E-state index contributed by atoms with van der Waals surface area (Å²) >= 11 is 1.38. The Balaban J connectivity index is 1.13. The fraction of sp³-hybridized carbons (Fsp3) is 0.505.